The number of nitrogens with zero attached hydrogens (tertiary/aromatic N) is 2. The monoisotopic (exact) mass is 396 g/mol. The summed E-state index contributed by atoms with van der Waals surface area (Å²) in [7, 11) is -3.79. The Morgan fingerprint density at radius 2 is 1.69 bits per heavy atom. The van der Waals surface area contributed by atoms with Crippen molar-refractivity contribution in [3.8, 4) is 0 Å². The minimum absolute atomic E-state index is 0.0957. The molecule has 1 fully saturated rings. The number of carbonyl (C=O) groups excluding carboxylic acids is 2. The first-order chi connectivity index (χ1) is 12.3. The average molecular weight is 396 g/mol. The lowest BCUT2D eigenvalue weighted by atomic mass is 10.3. The van der Waals surface area contributed by atoms with Crippen molar-refractivity contribution in [2.45, 2.75) is 11.8 Å². The summed E-state index contributed by atoms with van der Waals surface area (Å²) in [5.41, 5.74) is 0. The van der Waals surface area contributed by atoms with Crippen LogP contribution in [0.15, 0.2) is 41.3 Å². The molecule has 0 bridgehead atoms. The maximum absolute atomic E-state index is 13.3. The molecule has 0 spiro atoms. The molecule has 1 amide bonds. The van der Waals surface area contributed by atoms with Crippen molar-refractivity contribution in [1.82, 2.24) is 9.21 Å². The minimum atomic E-state index is -3.79. The highest BCUT2D eigenvalue weighted by Gasteiger charge is 2.31. The van der Waals surface area contributed by atoms with Crippen LogP contribution in [0.4, 0.5) is 4.39 Å². The Balaban J connectivity index is 1.68. The van der Waals surface area contributed by atoms with Crippen LogP contribution < -0.4 is 0 Å². The number of carbonyl (C=O) groups is 2. The van der Waals surface area contributed by atoms with Gasteiger partial charge in [0.15, 0.2) is 5.78 Å². The highest BCUT2D eigenvalue weighted by Crippen LogP contribution is 2.22. The quantitative estimate of drug-likeness (QED) is 0.743. The van der Waals surface area contributed by atoms with Gasteiger partial charge in [0.1, 0.15) is 5.82 Å². The van der Waals surface area contributed by atoms with E-state index < -0.39 is 15.8 Å². The summed E-state index contributed by atoms with van der Waals surface area (Å²) < 4.78 is 39.7. The molecule has 26 heavy (non-hydrogen) atoms. The normalized spacial score (nSPS) is 15.8. The molecule has 1 aliphatic rings. The van der Waals surface area contributed by atoms with E-state index in [2.05, 4.69) is 0 Å². The van der Waals surface area contributed by atoms with Crippen LogP contribution in [0.2, 0.25) is 0 Å². The summed E-state index contributed by atoms with van der Waals surface area (Å²) >= 11 is 1.13. The third-order valence-corrected chi connectivity index (χ3v) is 7.19. The van der Waals surface area contributed by atoms with Crippen molar-refractivity contribution >= 4 is 33.1 Å². The second-order valence-electron chi connectivity index (χ2n) is 5.87. The second-order valence-corrected chi connectivity index (χ2v) is 8.90. The van der Waals surface area contributed by atoms with Crippen molar-refractivity contribution in [2.75, 3.05) is 26.2 Å². The minimum Gasteiger partial charge on any atom is -0.335 e. The predicted octanol–water partition coefficient (Wildman–Crippen LogP) is 2.24. The number of rotatable bonds is 4. The molecular weight excluding hydrogens is 379 g/mol. The Morgan fingerprint density at radius 3 is 2.27 bits per heavy atom. The molecular formula is C17H17FN2O4S2. The van der Waals surface area contributed by atoms with Crippen molar-refractivity contribution in [1.29, 1.82) is 0 Å². The number of thiophene rings is 1. The third kappa shape index (κ3) is 3.69. The molecule has 0 atom stereocenters. The Bertz CT molecular complexity index is 947. The first-order valence-electron chi connectivity index (χ1n) is 7.95. The van der Waals surface area contributed by atoms with Crippen LogP contribution in [0.3, 0.4) is 0 Å². The van der Waals surface area contributed by atoms with E-state index in [-0.39, 0.29) is 42.8 Å². The number of piperazine rings is 1. The molecule has 6 nitrogen and oxygen atoms in total. The molecule has 1 saturated heterocycles. The number of amides is 1. The Labute approximate surface area is 154 Å². The van der Waals surface area contributed by atoms with Gasteiger partial charge in [0.2, 0.25) is 10.0 Å². The van der Waals surface area contributed by atoms with Gasteiger partial charge in [0.25, 0.3) is 5.91 Å². The molecule has 0 unspecified atom stereocenters. The first-order valence-corrected chi connectivity index (χ1v) is 10.2. The number of hydrogen-bond acceptors (Lipinski definition) is 5. The Morgan fingerprint density at radius 1 is 1.04 bits per heavy atom. The van der Waals surface area contributed by atoms with Crippen molar-refractivity contribution in [3.63, 3.8) is 0 Å². The molecule has 9 heteroatoms. The summed E-state index contributed by atoms with van der Waals surface area (Å²) in [6, 6.07) is 8.11. The van der Waals surface area contributed by atoms with Gasteiger partial charge in [-0.15, -0.1) is 11.3 Å². The highest BCUT2D eigenvalue weighted by molar-refractivity contribution is 7.89. The zero-order valence-electron chi connectivity index (χ0n) is 14.0. The summed E-state index contributed by atoms with van der Waals surface area (Å²) in [5, 5.41) is 0. The zero-order valence-corrected chi connectivity index (χ0v) is 15.6. The number of Topliss-reactive ketones (excluding diaryl/α,β-unsaturated/α-hetero) is 1. The lowest BCUT2D eigenvalue weighted by Gasteiger charge is -2.33. The molecule has 1 aromatic heterocycles. The molecule has 1 aliphatic heterocycles. The lowest BCUT2D eigenvalue weighted by Crippen LogP contribution is -2.50. The van der Waals surface area contributed by atoms with Crippen molar-refractivity contribution < 1.29 is 22.4 Å². The summed E-state index contributed by atoms with van der Waals surface area (Å²) in [6.45, 7) is 2.18. The largest absolute Gasteiger partial charge is 0.335 e. The van der Waals surface area contributed by atoms with Crippen LogP contribution in [0.25, 0.3) is 0 Å². The highest BCUT2D eigenvalue weighted by atomic mass is 32.2. The van der Waals surface area contributed by atoms with Gasteiger partial charge in [-0.25, -0.2) is 12.8 Å². The average Bonchev–Trinajstić information content (AvgIpc) is 3.11. The Kier molecular flexibility index (Phi) is 5.22. The molecule has 0 N–H and O–H groups in total. The fourth-order valence-electron chi connectivity index (χ4n) is 2.71. The van der Waals surface area contributed by atoms with Crippen LogP contribution in [-0.2, 0) is 10.0 Å². The standard InChI is InChI=1S/C17H17FN2O4S2/c1-12(21)15-5-6-16(25-15)17(22)19-7-9-20(10-8-19)26(23,24)14-4-2-3-13(18)11-14/h2-6,11H,7-10H2,1H3. The number of sulfonamides is 1. The lowest BCUT2D eigenvalue weighted by molar-refractivity contribution is 0.0702. The van der Waals surface area contributed by atoms with Gasteiger partial charge in [0, 0.05) is 26.2 Å². The van der Waals surface area contributed by atoms with E-state index >= 15 is 0 Å². The zero-order chi connectivity index (χ0) is 18.9. The molecule has 138 valence electrons. The van der Waals surface area contributed by atoms with E-state index in [1.165, 1.54) is 29.4 Å². The van der Waals surface area contributed by atoms with E-state index in [4.69, 9.17) is 0 Å². The molecule has 1 aromatic carbocycles. The number of benzene rings is 1. The van der Waals surface area contributed by atoms with Crippen molar-refractivity contribution in [3.05, 3.63) is 52.0 Å². The summed E-state index contributed by atoms with van der Waals surface area (Å²) in [4.78, 5) is 26.3. The number of halogens is 1. The van der Waals surface area contributed by atoms with Gasteiger partial charge in [-0.3, -0.25) is 9.59 Å². The number of hydrogen-bond donors (Lipinski definition) is 0. The van der Waals surface area contributed by atoms with Gasteiger partial charge >= 0.3 is 0 Å². The predicted molar refractivity (Wildman–Crippen MR) is 95.4 cm³/mol. The van der Waals surface area contributed by atoms with Crippen LogP contribution >= 0.6 is 11.3 Å². The van der Waals surface area contributed by atoms with E-state index in [9.17, 15) is 22.4 Å². The van der Waals surface area contributed by atoms with Crippen LogP contribution in [0.1, 0.15) is 26.3 Å². The van der Waals surface area contributed by atoms with Gasteiger partial charge in [0.05, 0.1) is 14.6 Å². The maximum atomic E-state index is 13.3. The van der Waals surface area contributed by atoms with Gasteiger partial charge in [-0.1, -0.05) is 6.07 Å². The summed E-state index contributed by atoms with van der Waals surface area (Å²) in [5.74, 6) is -0.927. The maximum Gasteiger partial charge on any atom is 0.264 e. The second kappa shape index (κ2) is 7.26. The van der Waals surface area contributed by atoms with Crippen LogP contribution in [0, 0.1) is 5.82 Å². The molecule has 0 saturated carbocycles. The first kappa shape index (κ1) is 18.7. The number of ketones is 1. The van der Waals surface area contributed by atoms with Gasteiger partial charge < -0.3 is 4.90 Å². The van der Waals surface area contributed by atoms with E-state index in [0.717, 1.165) is 17.4 Å². The fraction of sp³-hybridized carbons (Fsp3) is 0.294. The van der Waals surface area contributed by atoms with Crippen LogP contribution in [0.5, 0.6) is 0 Å². The molecule has 0 aliphatic carbocycles. The molecule has 2 heterocycles. The van der Waals surface area contributed by atoms with Gasteiger partial charge in [-0.05, 0) is 37.3 Å². The van der Waals surface area contributed by atoms with E-state index in [0.29, 0.717) is 9.75 Å². The van der Waals surface area contributed by atoms with Crippen LogP contribution in [-0.4, -0.2) is 55.5 Å². The molecule has 0 radical (unpaired) electrons. The Hall–Kier alpha value is -2.10. The summed E-state index contributed by atoms with van der Waals surface area (Å²) in [6.07, 6.45) is 0. The SMILES string of the molecule is CC(=O)c1ccc(C(=O)N2CCN(S(=O)(=O)c3cccc(F)c3)CC2)s1. The smallest absolute Gasteiger partial charge is 0.264 e. The van der Waals surface area contributed by atoms with Gasteiger partial charge in [-0.2, -0.15) is 4.31 Å². The topological polar surface area (TPSA) is 74.8 Å². The van der Waals surface area contributed by atoms with E-state index in [1.54, 1.807) is 17.0 Å². The fourth-order valence-corrected chi connectivity index (χ4v) is 5.03. The third-order valence-electron chi connectivity index (χ3n) is 4.12. The molecule has 3 rings (SSSR count). The van der Waals surface area contributed by atoms with E-state index in [1.807, 2.05) is 0 Å². The molecule has 2 aromatic rings. The van der Waals surface area contributed by atoms with Crippen molar-refractivity contribution in [2.24, 2.45) is 0 Å².